The molecule has 9 heteroatoms. The van der Waals surface area contributed by atoms with Gasteiger partial charge in [-0.1, -0.05) is 13.8 Å². The molecule has 134 valence electrons. The molecular weight excluding hydrogens is 324 g/mol. The Morgan fingerprint density at radius 1 is 1.13 bits per heavy atom. The average molecular weight is 350 g/mol. The van der Waals surface area contributed by atoms with Crippen LogP contribution in [0.25, 0.3) is 0 Å². The zero-order valence-corrected chi connectivity index (χ0v) is 14.4. The zero-order chi connectivity index (χ0) is 17.7. The molecule has 23 heavy (non-hydrogen) atoms. The molecule has 0 aliphatic carbocycles. The van der Waals surface area contributed by atoms with Crippen LogP contribution in [0, 0.1) is 0 Å². The Morgan fingerprint density at radius 2 is 1.78 bits per heavy atom. The second kappa shape index (κ2) is 13.3. The number of amides is 1. The second-order valence-electron chi connectivity index (χ2n) is 5.16. The number of aliphatic carboxylic acids is 1. The molecule has 0 saturated carbocycles. The van der Waals surface area contributed by atoms with Gasteiger partial charge in [0.25, 0.3) is 0 Å². The molecule has 0 aromatic heterocycles. The van der Waals surface area contributed by atoms with Gasteiger partial charge in [0.1, 0.15) is 12.6 Å². The zero-order valence-electron chi connectivity index (χ0n) is 13.5. The monoisotopic (exact) mass is 350 g/mol. The van der Waals surface area contributed by atoms with Gasteiger partial charge in [0.2, 0.25) is 11.0 Å². The van der Waals surface area contributed by atoms with Crippen LogP contribution in [-0.4, -0.2) is 67.2 Å². The van der Waals surface area contributed by atoms with Crippen molar-refractivity contribution < 1.29 is 29.0 Å². The van der Waals surface area contributed by atoms with Crippen LogP contribution in [0.1, 0.15) is 26.7 Å². The second-order valence-corrected chi connectivity index (χ2v) is 5.66. The van der Waals surface area contributed by atoms with Crippen molar-refractivity contribution in [3.05, 3.63) is 0 Å². The quantitative estimate of drug-likeness (QED) is 0.254. The SMILES string of the molecule is CC(C)N[C@@H](CCC(=O)NCCOCCOCC(=O)S)C(=O)O. The number of nitrogens with one attached hydrogen (secondary N) is 2. The van der Waals surface area contributed by atoms with Crippen molar-refractivity contribution in [2.45, 2.75) is 38.8 Å². The molecule has 0 fully saturated rings. The third-order valence-corrected chi connectivity index (χ3v) is 2.79. The number of rotatable bonds is 14. The number of carbonyl (C=O) groups is 3. The molecule has 0 unspecified atom stereocenters. The van der Waals surface area contributed by atoms with Crippen molar-refractivity contribution in [3.63, 3.8) is 0 Å². The molecule has 0 aromatic rings. The van der Waals surface area contributed by atoms with Gasteiger partial charge in [0.15, 0.2) is 0 Å². The number of thiol groups is 1. The van der Waals surface area contributed by atoms with E-state index >= 15 is 0 Å². The van der Waals surface area contributed by atoms with E-state index in [4.69, 9.17) is 14.6 Å². The summed E-state index contributed by atoms with van der Waals surface area (Å²) in [6.07, 6.45) is 0.357. The van der Waals surface area contributed by atoms with Crippen LogP contribution in [0.3, 0.4) is 0 Å². The first-order chi connectivity index (χ1) is 10.8. The predicted molar refractivity (Wildman–Crippen MR) is 87.6 cm³/mol. The van der Waals surface area contributed by atoms with Gasteiger partial charge in [0.05, 0.1) is 19.8 Å². The number of ether oxygens (including phenoxy) is 2. The molecule has 0 rings (SSSR count). The molecule has 0 aliphatic heterocycles. The third-order valence-electron chi connectivity index (χ3n) is 2.66. The molecule has 0 spiro atoms. The van der Waals surface area contributed by atoms with Crippen molar-refractivity contribution >= 4 is 29.6 Å². The highest BCUT2D eigenvalue weighted by atomic mass is 32.1. The Labute approximate surface area is 141 Å². The largest absolute Gasteiger partial charge is 0.480 e. The highest BCUT2D eigenvalue weighted by Gasteiger charge is 2.18. The summed E-state index contributed by atoms with van der Waals surface area (Å²) in [5.41, 5.74) is 0. The molecule has 1 atom stereocenters. The average Bonchev–Trinajstić information content (AvgIpc) is 2.45. The highest BCUT2D eigenvalue weighted by molar-refractivity contribution is 7.96. The lowest BCUT2D eigenvalue weighted by Crippen LogP contribution is -2.41. The first kappa shape index (κ1) is 21.8. The number of hydrogen-bond donors (Lipinski definition) is 4. The molecule has 1 amide bonds. The number of hydrogen-bond acceptors (Lipinski definition) is 6. The maximum atomic E-state index is 11.6. The van der Waals surface area contributed by atoms with E-state index in [1.54, 1.807) is 0 Å². The minimum absolute atomic E-state index is 0.0348. The summed E-state index contributed by atoms with van der Waals surface area (Å²) < 4.78 is 10.1. The maximum absolute atomic E-state index is 11.6. The standard InChI is InChI=1S/C14H26N2O6S/c1-10(2)16-11(14(19)20)3-4-12(17)15-5-6-21-7-8-22-9-13(18)23/h10-11,16H,3-9H2,1-2H3,(H,15,17)(H,18,23)(H,19,20)/t11-/m0/s1. The lowest BCUT2D eigenvalue weighted by Gasteiger charge is -2.16. The van der Waals surface area contributed by atoms with Crippen LogP contribution < -0.4 is 10.6 Å². The van der Waals surface area contributed by atoms with Crippen molar-refractivity contribution in [1.29, 1.82) is 0 Å². The smallest absolute Gasteiger partial charge is 0.320 e. The van der Waals surface area contributed by atoms with E-state index in [0.29, 0.717) is 19.8 Å². The molecule has 0 saturated heterocycles. The molecule has 0 heterocycles. The summed E-state index contributed by atoms with van der Waals surface area (Å²) in [7, 11) is 0. The molecule has 0 radical (unpaired) electrons. The van der Waals surface area contributed by atoms with Crippen molar-refractivity contribution in [1.82, 2.24) is 10.6 Å². The van der Waals surface area contributed by atoms with E-state index in [0.717, 1.165) is 0 Å². The predicted octanol–water partition coefficient (Wildman–Crippen LogP) is -0.176. The molecule has 0 aromatic carbocycles. The van der Waals surface area contributed by atoms with Gasteiger partial charge in [-0.05, 0) is 6.42 Å². The normalized spacial score (nSPS) is 12.2. The Hall–Kier alpha value is -1.16. The summed E-state index contributed by atoms with van der Waals surface area (Å²) in [6, 6.07) is -0.698. The van der Waals surface area contributed by atoms with E-state index in [1.807, 2.05) is 13.8 Å². The van der Waals surface area contributed by atoms with Crippen LogP contribution >= 0.6 is 12.6 Å². The Morgan fingerprint density at radius 3 is 2.35 bits per heavy atom. The lowest BCUT2D eigenvalue weighted by atomic mass is 10.1. The maximum Gasteiger partial charge on any atom is 0.320 e. The summed E-state index contributed by atoms with van der Waals surface area (Å²) in [5.74, 6) is -1.18. The van der Waals surface area contributed by atoms with Gasteiger partial charge in [-0.2, -0.15) is 0 Å². The molecule has 8 nitrogen and oxygen atoms in total. The third kappa shape index (κ3) is 14.2. The molecular formula is C14H26N2O6S. The first-order valence-electron chi connectivity index (χ1n) is 7.45. The van der Waals surface area contributed by atoms with E-state index in [9.17, 15) is 14.4 Å². The van der Waals surface area contributed by atoms with E-state index in [-0.39, 0.29) is 43.1 Å². The van der Waals surface area contributed by atoms with Crippen LogP contribution in [-0.2, 0) is 23.9 Å². The van der Waals surface area contributed by atoms with Crippen molar-refractivity contribution in [2.75, 3.05) is 33.0 Å². The topological polar surface area (TPSA) is 114 Å². The van der Waals surface area contributed by atoms with Crippen LogP contribution in [0.15, 0.2) is 0 Å². The summed E-state index contributed by atoms with van der Waals surface area (Å²) in [5, 5.41) is 14.2. The number of carbonyl (C=O) groups excluding carboxylic acids is 2. The van der Waals surface area contributed by atoms with E-state index in [2.05, 4.69) is 23.3 Å². The van der Waals surface area contributed by atoms with E-state index < -0.39 is 12.0 Å². The van der Waals surface area contributed by atoms with Crippen LogP contribution in [0.2, 0.25) is 0 Å². The van der Waals surface area contributed by atoms with Crippen LogP contribution in [0.4, 0.5) is 0 Å². The highest BCUT2D eigenvalue weighted by Crippen LogP contribution is 1.99. The molecule has 3 N–H and O–H groups in total. The van der Waals surface area contributed by atoms with Gasteiger partial charge >= 0.3 is 5.97 Å². The fourth-order valence-corrected chi connectivity index (χ4v) is 1.78. The van der Waals surface area contributed by atoms with Gasteiger partial charge in [-0.25, -0.2) is 0 Å². The van der Waals surface area contributed by atoms with Crippen molar-refractivity contribution in [2.24, 2.45) is 0 Å². The lowest BCUT2D eigenvalue weighted by molar-refractivity contribution is -0.140. The van der Waals surface area contributed by atoms with Gasteiger partial charge in [-0.3, -0.25) is 14.4 Å². The summed E-state index contributed by atoms with van der Waals surface area (Å²) >= 11 is 3.55. The number of carboxylic acids is 1. The van der Waals surface area contributed by atoms with Crippen molar-refractivity contribution in [3.8, 4) is 0 Å². The minimum Gasteiger partial charge on any atom is -0.480 e. The summed E-state index contributed by atoms with van der Waals surface area (Å²) in [6.45, 7) is 4.89. The molecule has 0 aliphatic rings. The minimum atomic E-state index is -0.963. The van der Waals surface area contributed by atoms with Gasteiger partial charge in [0, 0.05) is 19.0 Å². The van der Waals surface area contributed by atoms with Gasteiger partial charge < -0.3 is 25.2 Å². The van der Waals surface area contributed by atoms with Crippen LogP contribution in [0.5, 0.6) is 0 Å². The molecule has 0 bridgehead atoms. The Bertz CT molecular complexity index is 378. The Kier molecular flexibility index (Phi) is 12.6. The van der Waals surface area contributed by atoms with E-state index in [1.165, 1.54) is 0 Å². The van der Waals surface area contributed by atoms with Gasteiger partial charge in [-0.15, -0.1) is 12.6 Å². The Balaban J connectivity index is 3.63. The fourth-order valence-electron chi connectivity index (χ4n) is 1.69. The first-order valence-corrected chi connectivity index (χ1v) is 7.90. The number of carboxylic acid groups (broad SMARTS) is 1. The fraction of sp³-hybridized carbons (Fsp3) is 0.786. The summed E-state index contributed by atoms with van der Waals surface area (Å²) in [4.78, 5) is 33.1.